The molecule has 8 bridgehead atoms. The van der Waals surface area contributed by atoms with E-state index in [1.165, 1.54) is 6.07 Å². The van der Waals surface area contributed by atoms with Crippen molar-refractivity contribution >= 4 is 34.2 Å². The van der Waals surface area contributed by atoms with Gasteiger partial charge in [-0.3, -0.25) is 0 Å². The van der Waals surface area contributed by atoms with Gasteiger partial charge in [-0.15, -0.1) is 0 Å². The number of carboxylic acids is 2. The molecule has 8 heteroatoms. The second-order valence-electron chi connectivity index (χ2n) is 11.5. The minimum Gasteiger partial charge on any atom is -0.478 e. The average Bonchev–Trinajstić information content (AvgIpc) is 3.93. The lowest BCUT2D eigenvalue weighted by Gasteiger charge is -2.09. The fourth-order valence-corrected chi connectivity index (χ4v) is 6.55. The van der Waals surface area contributed by atoms with Crippen LogP contribution in [0, 0.1) is 0 Å². The number of fused-ring (bicyclic) bond motifs is 8. The molecule has 0 fully saturated rings. The second kappa shape index (κ2) is 11.5. The zero-order chi connectivity index (χ0) is 32.8. The first-order chi connectivity index (χ1) is 23.5. The zero-order valence-electron chi connectivity index (χ0n) is 25.4. The number of nitrogens with one attached hydrogen (secondary N) is 4. The number of aromatic carboxylic acids is 1. The first-order valence-electron chi connectivity index (χ1n) is 15.4. The number of rotatable bonds is 5. The molecule has 7 aromatic rings. The van der Waals surface area contributed by atoms with Crippen LogP contribution in [-0.4, -0.2) is 42.1 Å². The van der Waals surface area contributed by atoms with Crippen molar-refractivity contribution in [1.29, 1.82) is 0 Å². The van der Waals surface area contributed by atoms with Crippen molar-refractivity contribution in [2.24, 2.45) is 0 Å². The van der Waals surface area contributed by atoms with Gasteiger partial charge in [0, 0.05) is 49.8 Å². The Morgan fingerprint density at radius 3 is 1.27 bits per heavy atom. The summed E-state index contributed by atoms with van der Waals surface area (Å²) in [7, 11) is 0. The molecule has 0 amide bonds. The maximum absolute atomic E-state index is 13.0. The number of aromatic nitrogens is 4. The molecule has 0 atom stereocenters. The molecule has 0 saturated carbocycles. The summed E-state index contributed by atoms with van der Waals surface area (Å²) in [4.78, 5) is 39.5. The molecule has 3 aromatic carbocycles. The van der Waals surface area contributed by atoms with E-state index in [2.05, 4.69) is 38.1 Å². The maximum atomic E-state index is 13.0. The van der Waals surface area contributed by atoms with Crippen molar-refractivity contribution in [2.75, 3.05) is 0 Å². The van der Waals surface area contributed by atoms with E-state index in [4.69, 9.17) is 0 Å². The normalized spacial score (nSPS) is 12.8. The van der Waals surface area contributed by atoms with Gasteiger partial charge < -0.3 is 30.1 Å². The number of benzene rings is 3. The highest BCUT2D eigenvalue weighted by Crippen LogP contribution is 2.26. The van der Waals surface area contributed by atoms with Gasteiger partial charge in [-0.05, 0) is 59.2 Å². The molecule has 8 rings (SSSR count). The van der Waals surface area contributed by atoms with Crippen LogP contribution in [0.15, 0.2) is 133 Å². The van der Waals surface area contributed by atoms with Crippen LogP contribution in [0.5, 0.6) is 0 Å². The van der Waals surface area contributed by atoms with Gasteiger partial charge in [-0.25, -0.2) is 9.59 Å². The fourth-order valence-electron chi connectivity index (χ4n) is 6.55. The Morgan fingerprint density at radius 2 is 0.833 bits per heavy atom. The smallest absolute Gasteiger partial charge is 0.339 e. The minimum absolute atomic E-state index is 0.00865. The molecule has 232 valence electrons. The Balaban J connectivity index is 1.58. The van der Waals surface area contributed by atoms with Gasteiger partial charge in [0.1, 0.15) is 5.57 Å². The standard InChI is InChI=1S/C40H28N4O4/c45-39(46)26-22-33-36(25-14-8-3-9-15-25)31-19-18-29(42-31)34(23-10-4-1-5-11-23)27-16-17-28(41-27)35(24-12-6-2-7-13-24)30-20-21-32(43-30)37(40(47)48)38(26)44-33/h1-22,41-44H,(H,45,46)(H,47,48). The molecule has 4 aromatic heterocycles. The van der Waals surface area contributed by atoms with E-state index in [1.54, 1.807) is 6.07 Å². The van der Waals surface area contributed by atoms with E-state index < -0.39 is 11.9 Å². The highest BCUT2D eigenvalue weighted by atomic mass is 16.4. The number of hydrogen-bond acceptors (Lipinski definition) is 2. The lowest BCUT2D eigenvalue weighted by Crippen LogP contribution is -2.24. The number of carbonyl (C=O) groups is 2. The van der Waals surface area contributed by atoms with Crippen LogP contribution in [0.25, 0.3) is 22.3 Å². The van der Waals surface area contributed by atoms with E-state index in [9.17, 15) is 19.8 Å². The average molecular weight is 629 g/mol. The summed E-state index contributed by atoms with van der Waals surface area (Å²) >= 11 is 0. The van der Waals surface area contributed by atoms with Crippen molar-refractivity contribution in [3.05, 3.63) is 200 Å². The Bertz CT molecular complexity index is 2600. The van der Waals surface area contributed by atoms with E-state index >= 15 is 0 Å². The topological polar surface area (TPSA) is 138 Å². The van der Waals surface area contributed by atoms with Crippen LogP contribution < -0.4 is 21.4 Å². The van der Waals surface area contributed by atoms with Crippen LogP contribution >= 0.6 is 0 Å². The predicted octanol–water partition coefficient (Wildman–Crippen LogP) is 4.04. The summed E-state index contributed by atoms with van der Waals surface area (Å²) in [5, 5.41) is 23.1. The first-order valence-corrected chi connectivity index (χ1v) is 15.4. The summed E-state index contributed by atoms with van der Waals surface area (Å²) in [5.41, 5.74) is 7.37. The SMILES string of the molecule is O=C(O)C1=c2[nH]c(cc2C(=O)O)=C(c2ccccc2)c2ccc([nH]2)C(c2ccccc2)=c2ccc([nH]2)=C(c2ccccc2)c2ccc1[nH]2. The van der Waals surface area contributed by atoms with Gasteiger partial charge in [0.15, 0.2) is 0 Å². The maximum Gasteiger partial charge on any atom is 0.339 e. The van der Waals surface area contributed by atoms with Crippen molar-refractivity contribution < 1.29 is 19.8 Å². The summed E-state index contributed by atoms with van der Waals surface area (Å²) in [6, 6.07) is 42.6. The Labute approximate surface area is 273 Å². The minimum atomic E-state index is -1.27. The van der Waals surface area contributed by atoms with Crippen molar-refractivity contribution in [1.82, 2.24) is 19.9 Å². The largest absolute Gasteiger partial charge is 0.478 e. The van der Waals surface area contributed by atoms with Gasteiger partial charge in [0.2, 0.25) is 0 Å². The molecule has 0 spiro atoms. The van der Waals surface area contributed by atoms with Crippen LogP contribution in [0.2, 0.25) is 0 Å². The molecule has 5 heterocycles. The fraction of sp³-hybridized carbons (Fsp3) is 0. The van der Waals surface area contributed by atoms with Gasteiger partial charge in [-0.2, -0.15) is 0 Å². The van der Waals surface area contributed by atoms with E-state index in [0.717, 1.165) is 49.9 Å². The summed E-state index contributed by atoms with van der Waals surface area (Å²) in [6.45, 7) is 0. The second-order valence-corrected chi connectivity index (χ2v) is 11.5. The monoisotopic (exact) mass is 628 g/mol. The van der Waals surface area contributed by atoms with Gasteiger partial charge in [0.25, 0.3) is 0 Å². The molecule has 0 saturated heterocycles. The van der Waals surface area contributed by atoms with E-state index in [0.29, 0.717) is 16.6 Å². The van der Waals surface area contributed by atoms with Crippen LogP contribution in [0.1, 0.15) is 49.8 Å². The first kappa shape index (κ1) is 28.7. The van der Waals surface area contributed by atoms with Crippen molar-refractivity contribution in [3.63, 3.8) is 0 Å². The van der Waals surface area contributed by atoms with Crippen molar-refractivity contribution in [2.45, 2.75) is 0 Å². The lowest BCUT2D eigenvalue weighted by atomic mass is 10.0. The third-order valence-electron chi connectivity index (χ3n) is 8.64. The Kier molecular flexibility index (Phi) is 6.88. The quantitative estimate of drug-likeness (QED) is 0.171. The van der Waals surface area contributed by atoms with Gasteiger partial charge >= 0.3 is 11.9 Å². The predicted molar refractivity (Wildman–Crippen MR) is 183 cm³/mol. The third-order valence-corrected chi connectivity index (χ3v) is 8.64. The number of carboxylic acid groups (broad SMARTS) is 2. The molecule has 48 heavy (non-hydrogen) atoms. The Hall–Kier alpha value is -6.80. The van der Waals surface area contributed by atoms with Gasteiger partial charge in [0.05, 0.1) is 16.6 Å². The summed E-state index contributed by atoms with van der Waals surface area (Å²) < 4.78 is 0. The number of aromatic amines is 4. The summed E-state index contributed by atoms with van der Waals surface area (Å²) in [6.07, 6.45) is 0. The van der Waals surface area contributed by atoms with Crippen molar-refractivity contribution in [3.8, 4) is 0 Å². The summed E-state index contributed by atoms with van der Waals surface area (Å²) in [5.74, 6) is -2.51. The zero-order valence-corrected chi connectivity index (χ0v) is 25.4. The molecule has 1 aliphatic heterocycles. The number of H-pyrrole nitrogens is 4. The van der Waals surface area contributed by atoms with Crippen LogP contribution in [-0.2, 0) is 4.79 Å². The Morgan fingerprint density at radius 1 is 0.417 bits per heavy atom. The molecule has 6 N–H and O–H groups in total. The third kappa shape index (κ3) is 4.89. The molecule has 0 unspecified atom stereocenters. The number of hydrogen-bond donors (Lipinski definition) is 6. The molecular weight excluding hydrogens is 600 g/mol. The molecule has 8 nitrogen and oxygen atoms in total. The molecule has 1 aliphatic rings. The molecule has 0 radical (unpaired) electrons. The van der Waals surface area contributed by atoms with Crippen LogP contribution in [0.4, 0.5) is 0 Å². The number of aliphatic carboxylic acids is 1. The van der Waals surface area contributed by atoms with Crippen LogP contribution in [0.3, 0.4) is 0 Å². The highest BCUT2D eigenvalue weighted by Gasteiger charge is 2.23. The molecular formula is C40H28N4O4. The van der Waals surface area contributed by atoms with Gasteiger partial charge in [-0.1, -0.05) is 91.0 Å². The van der Waals surface area contributed by atoms with E-state index in [1.807, 2.05) is 103 Å². The molecule has 0 aliphatic carbocycles. The highest BCUT2D eigenvalue weighted by molar-refractivity contribution is 6.15. The lowest BCUT2D eigenvalue weighted by molar-refractivity contribution is -0.130. The van der Waals surface area contributed by atoms with E-state index in [-0.39, 0.29) is 22.2 Å².